The molecular weight excluding hydrogens is 286 g/mol. The first kappa shape index (κ1) is 15.5. The van der Waals surface area contributed by atoms with Crippen molar-refractivity contribution in [2.75, 3.05) is 6.61 Å². The van der Waals surface area contributed by atoms with Gasteiger partial charge in [0, 0.05) is 6.54 Å². The molecule has 0 bridgehead atoms. The van der Waals surface area contributed by atoms with Gasteiger partial charge in [-0.3, -0.25) is 0 Å². The van der Waals surface area contributed by atoms with Gasteiger partial charge in [0.1, 0.15) is 5.82 Å². The van der Waals surface area contributed by atoms with Crippen LogP contribution < -0.4 is 5.32 Å². The Morgan fingerprint density at radius 2 is 1.67 bits per heavy atom. The van der Waals surface area contributed by atoms with Crippen LogP contribution in [0.1, 0.15) is 17.2 Å². The summed E-state index contributed by atoms with van der Waals surface area (Å²) in [6.07, 6.45) is 0. The molecule has 2 N–H and O–H groups in total. The van der Waals surface area contributed by atoms with E-state index in [4.69, 9.17) is 0 Å². The van der Waals surface area contributed by atoms with Crippen molar-refractivity contribution in [1.29, 1.82) is 0 Å². The van der Waals surface area contributed by atoms with Crippen LogP contribution in [0.4, 0.5) is 17.6 Å². The molecule has 0 aliphatic rings. The van der Waals surface area contributed by atoms with Crippen molar-refractivity contribution in [1.82, 2.24) is 5.32 Å². The summed E-state index contributed by atoms with van der Waals surface area (Å²) in [6, 6.07) is 6.62. The summed E-state index contributed by atoms with van der Waals surface area (Å²) in [5, 5.41) is 12.1. The summed E-state index contributed by atoms with van der Waals surface area (Å²) < 4.78 is 52.3. The van der Waals surface area contributed by atoms with Gasteiger partial charge in [-0.1, -0.05) is 12.1 Å². The molecule has 21 heavy (non-hydrogen) atoms. The van der Waals surface area contributed by atoms with E-state index in [1.54, 1.807) is 6.07 Å². The number of halogens is 4. The Bertz CT molecular complexity index is 610. The maximum Gasteiger partial charge on any atom is 0.194 e. The van der Waals surface area contributed by atoms with Crippen molar-refractivity contribution in [3.05, 3.63) is 70.8 Å². The van der Waals surface area contributed by atoms with Crippen molar-refractivity contribution in [2.45, 2.75) is 12.6 Å². The van der Waals surface area contributed by atoms with Crippen LogP contribution in [0.15, 0.2) is 36.4 Å². The Kier molecular flexibility index (Phi) is 4.93. The lowest BCUT2D eigenvalue weighted by Crippen LogP contribution is -2.24. The van der Waals surface area contributed by atoms with E-state index in [0.717, 1.165) is 12.1 Å². The van der Waals surface area contributed by atoms with E-state index in [1.165, 1.54) is 18.2 Å². The summed E-state index contributed by atoms with van der Waals surface area (Å²) >= 11 is 0. The van der Waals surface area contributed by atoms with Crippen LogP contribution in [-0.4, -0.2) is 11.7 Å². The third-order valence-electron chi connectivity index (χ3n) is 3.03. The van der Waals surface area contributed by atoms with Gasteiger partial charge in [-0.05, 0) is 35.4 Å². The number of rotatable bonds is 5. The molecule has 0 spiro atoms. The number of aliphatic hydroxyl groups excluding tert-OH is 1. The minimum Gasteiger partial charge on any atom is -0.394 e. The molecule has 0 saturated carbocycles. The Labute approximate surface area is 119 Å². The summed E-state index contributed by atoms with van der Waals surface area (Å²) in [7, 11) is 0. The first-order valence-corrected chi connectivity index (χ1v) is 6.24. The van der Waals surface area contributed by atoms with Crippen LogP contribution in [0.5, 0.6) is 0 Å². The zero-order valence-electron chi connectivity index (χ0n) is 10.9. The molecule has 6 heteroatoms. The molecule has 0 aliphatic carbocycles. The molecule has 0 aliphatic heterocycles. The molecule has 0 radical (unpaired) electrons. The monoisotopic (exact) mass is 299 g/mol. The van der Waals surface area contributed by atoms with Crippen molar-refractivity contribution < 1.29 is 22.7 Å². The molecule has 0 fully saturated rings. The van der Waals surface area contributed by atoms with Crippen molar-refractivity contribution >= 4 is 0 Å². The molecule has 0 amide bonds. The average molecular weight is 299 g/mol. The topological polar surface area (TPSA) is 32.3 Å². The van der Waals surface area contributed by atoms with E-state index >= 15 is 0 Å². The maximum absolute atomic E-state index is 13.2. The smallest absolute Gasteiger partial charge is 0.194 e. The van der Waals surface area contributed by atoms with Crippen molar-refractivity contribution in [3.8, 4) is 0 Å². The normalized spacial score (nSPS) is 12.4. The van der Waals surface area contributed by atoms with Crippen LogP contribution in [0.25, 0.3) is 0 Å². The lowest BCUT2D eigenvalue weighted by molar-refractivity contribution is 0.242. The zero-order chi connectivity index (χ0) is 15.4. The fraction of sp³-hybridized carbons (Fsp3) is 0.200. The molecule has 112 valence electrons. The van der Waals surface area contributed by atoms with Crippen molar-refractivity contribution in [3.63, 3.8) is 0 Å². The van der Waals surface area contributed by atoms with Crippen LogP contribution in [0.3, 0.4) is 0 Å². The highest BCUT2D eigenvalue weighted by molar-refractivity contribution is 5.23. The molecule has 0 saturated heterocycles. The highest BCUT2D eigenvalue weighted by Crippen LogP contribution is 2.19. The molecule has 1 atom stereocenters. The number of benzene rings is 2. The SMILES string of the molecule is OCC(NCc1cccc(F)c1)c1cc(F)c(F)c(F)c1. The number of aliphatic hydroxyl groups is 1. The van der Waals surface area contributed by atoms with Gasteiger partial charge in [-0.2, -0.15) is 0 Å². The third kappa shape index (κ3) is 3.80. The van der Waals surface area contributed by atoms with Crippen LogP contribution in [0.2, 0.25) is 0 Å². The minimum atomic E-state index is -1.56. The Hall–Kier alpha value is -1.92. The van der Waals surface area contributed by atoms with E-state index < -0.39 is 35.9 Å². The summed E-state index contributed by atoms with van der Waals surface area (Å²) in [4.78, 5) is 0. The highest BCUT2D eigenvalue weighted by Gasteiger charge is 2.16. The number of hydrogen-bond acceptors (Lipinski definition) is 2. The Balaban J connectivity index is 2.13. The second-order valence-electron chi connectivity index (χ2n) is 4.54. The van der Waals surface area contributed by atoms with E-state index in [2.05, 4.69) is 5.32 Å². The van der Waals surface area contributed by atoms with E-state index in [-0.39, 0.29) is 12.1 Å². The summed E-state index contributed by atoms with van der Waals surface area (Å²) in [6.45, 7) is -0.260. The second-order valence-corrected chi connectivity index (χ2v) is 4.54. The van der Waals surface area contributed by atoms with Crippen LogP contribution >= 0.6 is 0 Å². The second kappa shape index (κ2) is 6.69. The number of hydrogen-bond donors (Lipinski definition) is 2. The molecular formula is C15H13F4NO. The molecule has 2 aromatic rings. The molecule has 2 rings (SSSR count). The van der Waals surface area contributed by atoms with E-state index in [0.29, 0.717) is 5.56 Å². The highest BCUT2D eigenvalue weighted by atomic mass is 19.2. The maximum atomic E-state index is 13.2. The first-order chi connectivity index (χ1) is 10.0. The fourth-order valence-corrected chi connectivity index (χ4v) is 1.95. The molecule has 0 heterocycles. The van der Waals surface area contributed by atoms with Crippen LogP contribution in [0, 0.1) is 23.3 Å². The first-order valence-electron chi connectivity index (χ1n) is 6.24. The van der Waals surface area contributed by atoms with Gasteiger partial charge in [-0.15, -0.1) is 0 Å². The zero-order valence-corrected chi connectivity index (χ0v) is 10.9. The number of nitrogens with one attached hydrogen (secondary N) is 1. The van der Waals surface area contributed by atoms with Gasteiger partial charge >= 0.3 is 0 Å². The molecule has 0 aromatic heterocycles. The standard InChI is InChI=1S/C15H13F4NO/c16-11-3-1-2-9(4-11)7-20-14(8-21)10-5-12(17)15(19)13(18)6-10/h1-6,14,20-21H,7-8H2. The fourth-order valence-electron chi connectivity index (χ4n) is 1.95. The average Bonchev–Trinajstić information content (AvgIpc) is 2.45. The molecule has 1 unspecified atom stereocenters. The van der Waals surface area contributed by atoms with E-state index in [9.17, 15) is 22.7 Å². The molecule has 2 aromatic carbocycles. The Morgan fingerprint density at radius 3 is 2.24 bits per heavy atom. The minimum absolute atomic E-state index is 0.0744. The molecule has 2 nitrogen and oxygen atoms in total. The lowest BCUT2D eigenvalue weighted by atomic mass is 10.1. The van der Waals surface area contributed by atoms with Crippen LogP contribution in [-0.2, 0) is 6.54 Å². The van der Waals surface area contributed by atoms with Crippen molar-refractivity contribution in [2.24, 2.45) is 0 Å². The van der Waals surface area contributed by atoms with Gasteiger partial charge < -0.3 is 10.4 Å². The van der Waals surface area contributed by atoms with Gasteiger partial charge in [0.25, 0.3) is 0 Å². The summed E-state index contributed by atoms with van der Waals surface area (Å²) in [5.41, 5.74) is 0.682. The predicted octanol–water partition coefficient (Wildman–Crippen LogP) is 3.07. The third-order valence-corrected chi connectivity index (χ3v) is 3.03. The quantitative estimate of drug-likeness (QED) is 0.657. The summed E-state index contributed by atoms with van der Waals surface area (Å²) in [5.74, 6) is -4.61. The predicted molar refractivity (Wildman–Crippen MR) is 69.4 cm³/mol. The van der Waals surface area contributed by atoms with Gasteiger partial charge in [0.15, 0.2) is 17.5 Å². The van der Waals surface area contributed by atoms with E-state index in [1.807, 2.05) is 0 Å². The van der Waals surface area contributed by atoms with Gasteiger partial charge in [0.05, 0.1) is 12.6 Å². The Morgan fingerprint density at radius 1 is 1.00 bits per heavy atom. The largest absolute Gasteiger partial charge is 0.394 e. The van der Waals surface area contributed by atoms with Gasteiger partial charge in [-0.25, -0.2) is 17.6 Å². The van der Waals surface area contributed by atoms with Gasteiger partial charge in [0.2, 0.25) is 0 Å². The lowest BCUT2D eigenvalue weighted by Gasteiger charge is -2.17.